The maximum Gasteiger partial charge on any atom is 0.220 e. The van der Waals surface area contributed by atoms with E-state index in [2.05, 4.69) is 78.0 Å². The van der Waals surface area contributed by atoms with E-state index in [9.17, 15) is 9.90 Å². The molecule has 0 atom stereocenters. The number of aromatic nitrogens is 1. The molecule has 2 aromatic rings. The van der Waals surface area contributed by atoms with Crippen molar-refractivity contribution in [3.05, 3.63) is 90.7 Å². The Morgan fingerprint density at radius 2 is 1.53 bits per heavy atom. The number of phenols is 1. The molecule has 0 bridgehead atoms. The van der Waals surface area contributed by atoms with E-state index in [1.165, 1.54) is 0 Å². The highest BCUT2D eigenvalue weighted by atomic mass is 16.3. The van der Waals surface area contributed by atoms with E-state index < -0.39 is 0 Å². The maximum atomic E-state index is 12.0. The van der Waals surface area contributed by atoms with Crippen LogP contribution in [0.2, 0.25) is 0 Å². The first-order valence-electron chi connectivity index (χ1n) is 12.5. The van der Waals surface area contributed by atoms with Crippen LogP contribution in [0, 0.1) is 0 Å². The van der Waals surface area contributed by atoms with Crippen LogP contribution in [0.25, 0.3) is 10.9 Å². The number of hydrogen-bond donors (Lipinski definition) is 3. The van der Waals surface area contributed by atoms with Crippen molar-refractivity contribution in [3.63, 3.8) is 0 Å². The molecule has 0 spiro atoms. The summed E-state index contributed by atoms with van der Waals surface area (Å²) in [5.41, 5.74) is 2.10. The number of aromatic amines is 1. The molecule has 2 rings (SSSR count). The third kappa shape index (κ3) is 11.6. The van der Waals surface area contributed by atoms with Gasteiger partial charge in [-0.3, -0.25) is 4.79 Å². The van der Waals surface area contributed by atoms with Crippen molar-refractivity contribution in [2.24, 2.45) is 0 Å². The summed E-state index contributed by atoms with van der Waals surface area (Å²) in [5.74, 6) is 0.350. The van der Waals surface area contributed by atoms with Gasteiger partial charge in [0.2, 0.25) is 5.91 Å². The van der Waals surface area contributed by atoms with E-state index in [0.29, 0.717) is 13.0 Å². The lowest BCUT2D eigenvalue weighted by Gasteiger charge is -2.04. The summed E-state index contributed by atoms with van der Waals surface area (Å²) < 4.78 is 0. The highest BCUT2D eigenvalue weighted by Crippen LogP contribution is 2.23. The number of unbranched alkanes of at least 4 members (excludes halogenated alkanes) is 1. The number of carbonyl (C=O) groups is 1. The number of benzene rings is 1. The number of nitrogens with one attached hydrogen (secondary N) is 2. The molecule has 0 saturated carbocycles. The van der Waals surface area contributed by atoms with Crippen molar-refractivity contribution in [2.75, 3.05) is 6.54 Å². The summed E-state index contributed by atoms with van der Waals surface area (Å²) in [6.07, 6.45) is 31.9. The van der Waals surface area contributed by atoms with Gasteiger partial charge in [0.15, 0.2) is 0 Å². The summed E-state index contributed by atoms with van der Waals surface area (Å²) in [7, 11) is 0. The molecule has 4 nitrogen and oxygen atoms in total. The van der Waals surface area contributed by atoms with Crippen LogP contribution in [-0.2, 0) is 11.2 Å². The molecule has 0 aliphatic rings. The second-order valence-corrected chi connectivity index (χ2v) is 8.24. The summed E-state index contributed by atoms with van der Waals surface area (Å²) in [6, 6.07) is 5.29. The molecule has 1 heterocycles. The topological polar surface area (TPSA) is 65.1 Å². The number of phenolic OH excluding ortho intramolecular Hbond substituents is 1. The largest absolute Gasteiger partial charge is 0.508 e. The van der Waals surface area contributed by atoms with Crippen molar-refractivity contribution in [2.45, 2.75) is 64.7 Å². The van der Waals surface area contributed by atoms with Gasteiger partial charge in [-0.2, -0.15) is 0 Å². The van der Waals surface area contributed by atoms with Crippen molar-refractivity contribution in [1.82, 2.24) is 10.3 Å². The summed E-state index contributed by atoms with van der Waals surface area (Å²) in [6.45, 7) is 2.75. The lowest BCUT2D eigenvalue weighted by Crippen LogP contribution is -2.25. The highest BCUT2D eigenvalue weighted by Gasteiger charge is 2.05. The molecular weight excluding hydrogens is 420 g/mol. The summed E-state index contributed by atoms with van der Waals surface area (Å²) in [5, 5.41) is 13.7. The quantitative estimate of drug-likeness (QED) is 0.180. The molecule has 1 aromatic heterocycles. The Balaban J connectivity index is 1.46. The molecule has 0 aliphatic carbocycles. The van der Waals surface area contributed by atoms with E-state index in [4.69, 9.17) is 0 Å². The second kappa shape index (κ2) is 17.2. The van der Waals surface area contributed by atoms with Crippen LogP contribution in [0.3, 0.4) is 0 Å². The molecule has 0 fully saturated rings. The normalized spacial score (nSPS) is 12.5. The molecule has 0 aliphatic heterocycles. The van der Waals surface area contributed by atoms with Gasteiger partial charge in [0, 0.05) is 30.1 Å². The summed E-state index contributed by atoms with van der Waals surface area (Å²) in [4.78, 5) is 15.2. The van der Waals surface area contributed by atoms with E-state index in [1.807, 2.05) is 12.3 Å². The first kappa shape index (κ1) is 27.0. The first-order valence-corrected chi connectivity index (χ1v) is 12.5. The molecule has 0 radical (unpaired) electrons. The van der Waals surface area contributed by atoms with Crippen LogP contribution >= 0.6 is 0 Å². The van der Waals surface area contributed by atoms with Crippen molar-refractivity contribution < 1.29 is 9.90 Å². The maximum absolute atomic E-state index is 12.0. The van der Waals surface area contributed by atoms with E-state index in [1.54, 1.807) is 12.1 Å². The minimum Gasteiger partial charge on any atom is -0.508 e. The Labute approximate surface area is 204 Å². The number of fused-ring (bicyclic) bond motifs is 1. The number of allylic oxidation sites excluding steroid dienone is 10. The molecule has 34 heavy (non-hydrogen) atoms. The zero-order valence-electron chi connectivity index (χ0n) is 20.5. The van der Waals surface area contributed by atoms with Gasteiger partial charge in [-0.05, 0) is 75.1 Å². The number of carbonyl (C=O) groups excluding carboxylic acids is 1. The molecule has 1 aromatic carbocycles. The molecular formula is C30H40N2O2. The number of hydrogen-bond acceptors (Lipinski definition) is 2. The SMILES string of the molecule is CCC=CCC=CCC=CCC=CCC=CCCCC(=O)NCCc1c[nH]c2ccc(O)cc12. The first-order chi connectivity index (χ1) is 16.7. The van der Waals surface area contributed by atoms with Gasteiger partial charge in [-0.1, -0.05) is 67.7 Å². The Kier molecular flexibility index (Phi) is 13.7. The van der Waals surface area contributed by atoms with Crippen molar-refractivity contribution >= 4 is 16.8 Å². The fourth-order valence-corrected chi connectivity index (χ4v) is 3.55. The third-order valence-corrected chi connectivity index (χ3v) is 5.40. The third-order valence-electron chi connectivity index (χ3n) is 5.40. The van der Waals surface area contributed by atoms with Crippen LogP contribution in [-0.4, -0.2) is 22.5 Å². The van der Waals surface area contributed by atoms with E-state index in [0.717, 1.165) is 67.8 Å². The minimum absolute atomic E-state index is 0.0926. The van der Waals surface area contributed by atoms with E-state index >= 15 is 0 Å². The lowest BCUT2D eigenvalue weighted by molar-refractivity contribution is -0.121. The monoisotopic (exact) mass is 460 g/mol. The van der Waals surface area contributed by atoms with Gasteiger partial charge in [0.1, 0.15) is 5.75 Å². The number of H-pyrrole nitrogens is 1. The molecule has 182 valence electrons. The van der Waals surface area contributed by atoms with Gasteiger partial charge < -0.3 is 15.4 Å². The zero-order chi connectivity index (χ0) is 24.3. The predicted octanol–water partition coefficient (Wildman–Crippen LogP) is 7.45. The number of rotatable bonds is 16. The van der Waals surface area contributed by atoms with Crippen LogP contribution in [0.1, 0.15) is 63.9 Å². The van der Waals surface area contributed by atoms with Gasteiger partial charge in [-0.15, -0.1) is 0 Å². The van der Waals surface area contributed by atoms with Gasteiger partial charge >= 0.3 is 0 Å². The Morgan fingerprint density at radius 1 is 0.912 bits per heavy atom. The predicted molar refractivity (Wildman–Crippen MR) is 145 cm³/mol. The Bertz CT molecular complexity index is 992. The standard InChI is InChI=1S/C30H40N2O2/c1-2-3-4-5-6-7-8-9-10-11-12-13-14-15-16-17-18-19-30(34)31-23-22-26-25-32-29-21-20-27(33)24-28(26)29/h3-4,6-7,9-10,12-13,15-16,20-21,24-25,32-33H,2,5,8,11,14,17-19,22-23H2,1H3,(H,31,34). The molecule has 0 saturated heterocycles. The van der Waals surface area contributed by atoms with E-state index in [-0.39, 0.29) is 11.7 Å². The second-order valence-electron chi connectivity index (χ2n) is 8.24. The van der Waals surface area contributed by atoms with Crippen LogP contribution in [0.4, 0.5) is 0 Å². The van der Waals surface area contributed by atoms with Gasteiger partial charge in [0.25, 0.3) is 0 Å². The average molecular weight is 461 g/mol. The molecule has 1 amide bonds. The molecule has 0 unspecified atom stereocenters. The minimum atomic E-state index is 0.0926. The Morgan fingerprint density at radius 3 is 2.18 bits per heavy atom. The summed E-state index contributed by atoms with van der Waals surface area (Å²) >= 11 is 0. The fourth-order valence-electron chi connectivity index (χ4n) is 3.55. The molecule has 3 N–H and O–H groups in total. The number of aromatic hydroxyl groups is 1. The van der Waals surface area contributed by atoms with Crippen molar-refractivity contribution in [1.29, 1.82) is 0 Å². The van der Waals surface area contributed by atoms with Crippen molar-refractivity contribution in [3.8, 4) is 5.75 Å². The lowest BCUT2D eigenvalue weighted by atomic mass is 10.1. The fraction of sp³-hybridized carbons (Fsp3) is 0.367. The van der Waals surface area contributed by atoms with Gasteiger partial charge in [-0.25, -0.2) is 0 Å². The van der Waals surface area contributed by atoms with Crippen LogP contribution in [0.5, 0.6) is 5.75 Å². The molecule has 4 heteroatoms. The zero-order valence-corrected chi connectivity index (χ0v) is 20.5. The Hall–Kier alpha value is -3.27. The highest BCUT2D eigenvalue weighted by molar-refractivity contribution is 5.84. The smallest absolute Gasteiger partial charge is 0.220 e. The van der Waals surface area contributed by atoms with Gasteiger partial charge in [0.05, 0.1) is 0 Å². The number of amides is 1. The van der Waals surface area contributed by atoms with Crippen LogP contribution in [0.15, 0.2) is 85.2 Å². The van der Waals surface area contributed by atoms with Crippen LogP contribution < -0.4 is 5.32 Å². The average Bonchev–Trinajstić information content (AvgIpc) is 3.23.